The largest absolute Gasteiger partial charge is 0.333 e. The lowest BCUT2D eigenvalue weighted by atomic mass is 9.95. The fourth-order valence-corrected chi connectivity index (χ4v) is 7.38. The maximum atomic E-state index is 13.5. The van der Waals surface area contributed by atoms with Crippen LogP contribution < -0.4 is 0 Å². The highest BCUT2D eigenvalue weighted by atomic mass is 32.2. The maximum Gasteiger partial charge on any atom is 0.252 e. The fraction of sp³-hybridized carbons (Fsp3) is 0.500. The second-order valence-corrected chi connectivity index (χ2v) is 11.7. The monoisotopic (exact) mass is 447 g/mol. The number of piperazine rings is 1. The van der Waals surface area contributed by atoms with Crippen LogP contribution in [0.3, 0.4) is 0 Å². The van der Waals surface area contributed by atoms with E-state index in [1.807, 2.05) is 36.1 Å². The molecule has 4 rings (SSSR count). The SMILES string of the molecule is Cc1ccc(S(=O)(=O)N2CCC[C@@H](C(=O)N3CCN(C)C[C@H]3c3ccccc3)C2)s1. The van der Waals surface area contributed by atoms with Crippen LogP contribution in [0.1, 0.15) is 29.3 Å². The molecule has 3 heterocycles. The van der Waals surface area contributed by atoms with Gasteiger partial charge in [-0.15, -0.1) is 11.3 Å². The van der Waals surface area contributed by atoms with Gasteiger partial charge < -0.3 is 9.80 Å². The molecule has 0 N–H and O–H groups in total. The summed E-state index contributed by atoms with van der Waals surface area (Å²) in [5.74, 6) is -0.205. The summed E-state index contributed by atoms with van der Waals surface area (Å²) in [7, 11) is -1.46. The number of thiophene rings is 1. The molecular formula is C22H29N3O3S2. The Hall–Kier alpha value is -1.74. The van der Waals surface area contributed by atoms with Gasteiger partial charge in [0.1, 0.15) is 4.21 Å². The van der Waals surface area contributed by atoms with E-state index >= 15 is 0 Å². The van der Waals surface area contributed by atoms with Crippen molar-refractivity contribution in [2.45, 2.75) is 30.0 Å². The Morgan fingerprint density at radius 1 is 1.03 bits per heavy atom. The van der Waals surface area contributed by atoms with Crippen molar-refractivity contribution in [2.24, 2.45) is 5.92 Å². The molecule has 2 atom stereocenters. The maximum absolute atomic E-state index is 13.5. The second kappa shape index (κ2) is 8.78. The van der Waals surface area contributed by atoms with Crippen LogP contribution in [0, 0.1) is 12.8 Å². The smallest absolute Gasteiger partial charge is 0.252 e. The molecule has 0 saturated carbocycles. The lowest BCUT2D eigenvalue weighted by Gasteiger charge is -2.43. The molecule has 30 heavy (non-hydrogen) atoms. The van der Waals surface area contributed by atoms with Gasteiger partial charge in [-0.3, -0.25) is 4.79 Å². The average molecular weight is 448 g/mol. The van der Waals surface area contributed by atoms with E-state index in [0.717, 1.165) is 30.0 Å². The van der Waals surface area contributed by atoms with Crippen molar-refractivity contribution in [3.63, 3.8) is 0 Å². The van der Waals surface area contributed by atoms with E-state index in [-0.39, 0.29) is 24.4 Å². The van der Waals surface area contributed by atoms with E-state index < -0.39 is 10.0 Å². The minimum Gasteiger partial charge on any atom is -0.333 e. The van der Waals surface area contributed by atoms with Gasteiger partial charge in [0.15, 0.2) is 0 Å². The zero-order valence-electron chi connectivity index (χ0n) is 17.5. The highest BCUT2D eigenvalue weighted by molar-refractivity contribution is 7.91. The second-order valence-electron chi connectivity index (χ2n) is 8.29. The summed E-state index contributed by atoms with van der Waals surface area (Å²) in [6.45, 7) is 4.95. The zero-order valence-corrected chi connectivity index (χ0v) is 19.2. The number of piperidine rings is 1. The summed E-state index contributed by atoms with van der Waals surface area (Å²) in [6.07, 6.45) is 1.45. The van der Waals surface area contributed by atoms with E-state index in [9.17, 15) is 13.2 Å². The molecule has 2 aliphatic heterocycles. The van der Waals surface area contributed by atoms with Gasteiger partial charge in [-0.2, -0.15) is 4.31 Å². The minimum atomic E-state index is -3.54. The first-order chi connectivity index (χ1) is 14.4. The number of hydrogen-bond acceptors (Lipinski definition) is 5. The van der Waals surface area contributed by atoms with Crippen LogP contribution >= 0.6 is 11.3 Å². The quantitative estimate of drug-likeness (QED) is 0.723. The van der Waals surface area contributed by atoms with Gasteiger partial charge in [0.25, 0.3) is 10.0 Å². The Labute approximate surface area is 183 Å². The third-order valence-electron chi connectivity index (χ3n) is 6.09. The summed E-state index contributed by atoms with van der Waals surface area (Å²) in [5, 5.41) is 0. The first-order valence-corrected chi connectivity index (χ1v) is 12.7. The topological polar surface area (TPSA) is 60.9 Å². The van der Waals surface area contributed by atoms with Crippen LogP contribution in [-0.2, 0) is 14.8 Å². The van der Waals surface area contributed by atoms with Gasteiger partial charge in [0.05, 0.1) is 12.0 Å². The lowest BCUT2D eigenvalue weighted by Crippen LogP contribution is -2.53. The van der Waals surface area contributed by atoms with Gasteiger partial charge in [-0.05, 0) is 44.5 Å². The number of amides is 1. The predicted molar refractivity (Wildman–Crippen MR) is 119 cm³/mol. The molecule has 6 nitrogen and oxygen atoms in total. The molecule has 0 spiro atoms. The van der Waals surface area contributed by atoms with E-state index in [0.29, 0.717) is 23.7 Å². The number of sulfonamides is 1. The summed E-state index contributed by atoms with van der Waals surface area (Å²) in [5.41, 5.74) is 1.13. The molecular weight excluding hydrogens is 418 g/mol. The van der Waals surface area contributed by atoms with Gasteiger partial charge >= 0.3 is 0 Å². The number of hydrogen-bond donors (Lipinski definition) is 0. The van der Waals surface area contributed by atoms with Crippen LogP contribution in [-0.4, -0.2) is 68.2 Å². The van der Waals surface area contributed by atoms with E-state index in [4.69, 9.17) is 0 Å². The lowest BCUT2D eigenvalue weighted by molar-refractivity contribution is -0.141. The van der Waals surface area contributed by atoms with Crippen molar-refractivity contribution in [1.29, 1.82) is 0 Å². The van der Waals surface area contributed by atoms with Crippen molar-refractivity contribution >= 4 is 27.3 Å². The van der Waals surface area contributed by atoms with Crippen LogP contribution in [0.2, 0.25) is 0 Å². The number of benzene rings is 1. The highest BCUT2D eigenvalue weighted by Crippen LogP contribution is 2.32. The third-order valence-corrected chi connectivity index (χ3v) is 9.43. The van der Waals surface area contributed by atoms with Gasteiger partial charge in [0, 0.05) is 37.6 Å². The van der Waals surface area contributed by atoms with E-state index in [2.05, 4.69) is 24.1 Å². The Balaban J connectivity index is 1.53. The molecule has 2 aromatic rings. The summed E-state index contributed by atoms with van der Waals surface area (Å²) >= 11 is 1.29. The molecule has 0 bridgehead atoms. The fourth-order valence-electron chi connectivity index (χ4n) is 4.42. The van der Waals surface area contributed by atoms with E-state index in [1.165, 1.54) is 15.6 Å². The first kappa shape index (κ1) is 21.5. The number of carbonyl (C=O) groups excluding carboxylic acids is 1. The Morgan fingerprint density at radius 2 is 1.80 bits per heavy atom. The number of aryl methyl sites for hydroxylation is 1. The Kier molecular flexibility index (Phi) is 6.29. The van der Waals surface area contributed by atoms with Crippen molar-refractivity contribution in [2.75, 3.05) is 39.8 Å². The highest BCUT2D eigenvalue weighted by Gasteiger charge is 2.38. The van der Waals surface area contributed by atoms with Crippen LogP contribution in [0.25, 0.3) is 0 Å². The number of carbonyl (C=O) groups is 1. The van der Waals surface area contributed by atoms with Crippen molar-refractivity contribution in [3.05, 3.63) is 52.9 Å². The van der Waals surface area contributed by atoms with Crippen LogP contribution in [0.4, 0.5) is 0 Å². The molecule has 8 heteroatoms. The summed E-state index contributed by atoms with van der Waals surface area (Å²) in [6, 6.07) is 13.6. The van der Waals surface area contributed by atoms with Crippen molar-refractivity contribution < 1.29 is 13.2 Å². The van der Waals surface area contributed by atoms with Crippen molar-refractivity contribution in [1.82, 2.24) is 14.1 Å². The number of nitrogens with zero attached hydrogens (tertiary/aromatic N) is 3. The minimum absolute atomic E-state index is 0.00405. The number of likely N-dealkylation sites (N-methyl/N-ethyl adjacent to an activating group) is 1. The van der Waals surface area contributed by atoms with Gasteiger partial charge in [-0.25, -0.2) is 8.42 Å². The normalized spacial score (nSPS) is 24.1. The standard InChI is InChI=1S/C22H29N3O3S2/c1-17-10-11-21(29-17)30(27,28)24-12-6-9-19(15-24)22(26)25-14-13-23(2)16-20(25)18-7-4-3-5-8-18/h3-5,7-8,10-11,19-20H,6,9,12-16H2,1-2H3/t19-,20+/m1/s1. The molecule has 0 radical (unpaired) electrons. The molecule has 1 aromatic carbocycles. The molecule has 1 amide bonds. The predicted octanol–water partition coefficient (Wildman–Crippen LogP) is 2.97. The molecule has 2 fully saturated rings. The number of rotatable bonds is 4. The van der Waals surface area contributed by atoms with Crippen LogP contribution in [0.15, 0.2) is 46.7 Å². The zero-order chi connectivity index (χ0) is 21.3. The average Bonchev–Trinajstić information content (AvgIpc) is 3.21. The molecule has 2 saturated heterocycles. The Bertz CT molecular complexity index is 990. The molecule has 1 aromatic heterocycles. The van der Waals surface area contributed by atoms with Crippen LogP contribution in [0.5, 0.6) is 0 Å². The molecule has 2 aliphatic rings. The molecule has 0 unspecified atom stereocenters. The van der Waals surface area contributed by atoms with E-state index in [1.54, 1.807) is 6.07 Å². The van der Waals surface area contributed by atoms with Crippen molar-refractivity contribution in [3.8, 4) is 0 Å². The van der Waals surface area contributed by atoms with Gasteiger partial charge in [0.2, 0.25) is 5.91 Å². The summed E-state index contributed by atoms with van der Waals surface area (Å²) in [4.78, 5) is 18.7. The Morgan fingerprint density at radius 3 is 2.50 bits per heavy atom. The molecule has 0 aliphatic carbocycles. The summed E-state index contributed by atoms with van der Waals surface area (Å²) < 4.78 is 28.0. The first-order valence-electron chi connectivity index (χ1n) is 10.5. The third kappa shape index (κ3) is 4.32. The van der Waals surface area contributed by atoms with Gasteiger partial charge in [-0.1, -0.05) is 30.3 Å². The molecule has 162 valence electrons.